The van der Waals surface area contributed by atoms with Gasteiger partial charge in [0, 0.05) is 43.6 Å². The molecule has 4 heteroatoms. The van der Waals surface area contributed by atoms with Gasteiger partial charge in [-0.3, -0.25) is 4.57 Å². The second kappa shape index (κ2) is 10.8. The van der Waals surface area contributed by atoms with Crippen molar-refractivity contribution in [1.82, 2.24) is 14.1 Å². The Hall–Kier alpha value is -6.91. The summed E-state index contributed by atoms with van der Waals surface area (Å²) in [6, 6.07) is 62.4. The van der Waals surface area contributed by atoms with Crippen molar-refractivity contribution in [2.45, 2.75) is 0 Å². The zero-order valence-electron chi connectivity index (χ0n) is 27.5. The molecule has 0 aliphatic heterocycles. The molecule has 0 saturated carbocycles. The molecular formula is C47H29N3O. The Labute approximate surface area is 293 Å². The largest absolute Gasteiger partial charge is 0.456 e. The summed E-state index contributed by atoms with van der Waals surface area (Å²) in [6.45, 7) is 0. The van der Waals surface area contributed by atoms with E-state index in [1.165, 1.54) is 43.7 Å². The lowest BCUT2D eigenvalue weighted by molar-refractivity contribution is 0.669. The summed E-state index contributed by atoms with van der Waals surface area (Å²) in [5.74, 6) is 0.884. The molecular weight excluding hydrogens is 623 g/mol. The number of aromatic nitrogens is 3. The number of furan rings is 1. The molecule has 0 aliphatic carbocycles. The Bertz CT molecular complexity index is 3140. The van der Waals surface area contributed by atoms with Crippen LogP contribution in [0.15, 0.2) is 180 Å². The smallest absolute Gasteiger partial charge is 0.138 e. The van der Waals surface area contributed by atoms with Crippen LogP contribution < -0.4 is 0 Å². The number of pyridine rings is 1. The molecule has 4 heterocycles. The Morgan fingerprint density at radius 1 is 0.373 bits per heavy atom. The Kier molecular flexibility index (Phi) is 5.92. The molecule has 0 aliphatic rings. The summed E-state index contributed by atoms with van der Waals surface area (Å²) < 4.78 is 10.9. The molecule has 238 valence electrons. The van der Waals surface area contributed by atoms with Crippen molar-refractivity contribution in [3.63, 3.8) is 0 Å². The highest BCUT2D eigenvalue weighted by atomic mass is 16.3. The van der Waals surface area contributed by atoms with Crippen LogP contribution in [-0.4, -0.2) is 14.1 Å². The number of hydrogen-bond donors (Lipinski definition) is 0. The zero-order chi connectivity index (χ0) is 33.5. The first-order chi connectivity index (χ1) is 25.3. The molecule has 0 radical (unpaired) electrons. The van der Waals surface area contributed by atoms with Gasteiger partial charge in [-0.1, -0.05) is 103 Å². The topological polar surface area (TPSA) is 35.9 Å². The van der Waals surface area contributed by atoms with Crippen molar-refractivity contribution in [2.75, 3.05) is 0 Å². The van der Waals surface area contributed by atoms with E-state index in [1.54, 1.807) is 0 Å². The summed E-state index contributed by atoms with van der Waals surface area (Å²) >= 11 is 0. The molecule has 4 aromatic heterocycles. The third-order valence-electron chi connectivity index (χ3n) is 10.3. The minimum Gasteiger partial charge on any atom is -0.456 e. The minimum absolute atomic E-state index is 0.883. The fraction of sp³-hybridized carbons (Fsp3) is 0. The van der Waals surface area contributed by atoms with Gasteiger partial charge in [-0.05, 0) is 83.9 Å². The van der Waals surface area contributed by atoms with Crippen molar-refractivity contribution in [3.05, 3.63) is 176 Å². The van der Waals surface area contributed by atoms with Gasteiger partial charge in [-0.15, -0.1) is 0 Å². The maximum absolute atomic E-state index is 6.12. The number of rotatable bonds is 4. The predicted molar refractivity (Wildman–Crippen MR) is 211 cm³/mol. The molecule has 0 unspecified atom stereocenters. The first kappa shape index (κ1) is 28.0. The van der Waals surface area contributed by atoms with E-state index in [2.05, 4.69) is 173 Å². The number of nitrogens with zero attached hydrogens (tertiary/aromatic N) is 3. The van der Waals surface area contributed by atoms with Crippen LogP contribution in [0.1, 0.15) is 0 Å². The van der Waals surface area contributed by atoms with E-state index in [1.807, 2.05) is 12.1 Å². The van der Waals surface area contributed by atoms with E-state index < -0.39 is 0 Å². The number of fused-ring (bicyclic) bond motifs is 10. The van der Waals surface area contributed by atoms with E-state index in [0.717, 1.165) is 55.7 Å². The fourth-order valence-electron chi connectivity index (χ4n) is 8.09. The summed E-state index contributed by atoms with van der Waals surface area (Å²) in [5, 5.41) is 7.13. The van der Waals surface area contributed by atoms with E-state index >= 15 is 0 Å². The highest BCUT2D eigenvalue weighted by Gasteiger charge is 2.21. The van der Waals surface area contributed by atoms with Crippen LogP contribution in [0.25, 0.3) is 99.4 Å². The van der Waals surface area contributed by atoms with Crippen LogP contribution in [-0.2, 0) is 0 Å². The van der Waals surface area contributed by atoms with Crippen LogP contribution in [0.4, 0.5) is 0 Å². The molecule has 0 N–H and O–H groups in total. The maximum atomic E-state index is 6.12. The van der Waals surface area contributed by atoms with Gasteiger partial charge in [0.1, 0.15) is 17.0 Å². The second-order valence-corrected chi connectivity index (χ2v) is 13.2. The third-order valence-corrected chi connectivity index (χ3v) is 10.3. The van der Waals surface area contributed by atoms with Crippen LogP contribution in [0.2, 0.25) is 0 Å². The summed E-state index contributed by atoms with van der Waals surface area (Å²) in [7, 11) is 0. The van der Waals surface area contributed by atoms with E-state index in [4.69, 9.17) is 9.40 Å². The molecule has 11 aromatic rings. The summed E-state index contributed by atoms with van der Waals surface area (Å²) in [6.07, 6.45) is 0. The van der Waals surface area contributed by atoms with Crippen LogP contribution in [0, 0.1) is 0 Å². The van der Waals surface area contributed by atoms with E-state index in [9.17, 15) is 0 Å². The molecule has 0 atom stereocenters. The van der Waals surface area contributed by atoms with Crippen LogP contribution in [0.5, 0.6) is 0 Å². The molecule has 0 saturated heterocycles. The van der Waals surface area contributed by atoms with Crippen molar-refractivity contribution in [1.29, 1.82) is 0 Å². The van der Waals surface area contributed by atoms with E-state index in [-0.39, 0.29) is 0 Å². The van der Waals surface area contributed by atoms with Gasteiger partial charge in [0.2, 0.25) is 0 Å². The average Bonchev–Trinajstić information content (AvgIpc) is 3.85. The SMILES string of the molecule is c1ccc(-c2cccc(-n3c4ccccc4c4c5c6ccccc6n(-c6cccc(-c7ccc8oc9ccccc9c8c7)n6)c5ccc43)c2)cc1. The highest BCUT2D eigenvalue weighted by Crippen LogP contribution is 2.42. The van der Waals surface area contributed by atoms with Gasteiger partial charge in [0.25, 0.3) is 0 Å². The molecule has 51 heavy (non-hydrogen) atoms. The maximum Gasteiger partial charge on any atom is 0.138 e. The number of para-hydroxylation sites is 3. The van der Waals surface area contributed by atoms with Gasteiger partial charge in [0.05, 0.1) is 27.8 Å². The third kappa shape index (κ3) is 4.17. The monoisotopic (exact) mass is 651 g/mol. The normalized spacial score (nSPS) is 11.9. The van der Waals surface area contributed by atoms with Crippen molar-refractivity contribution in [2.24, 2.45) is 0 Å². The molecule has 11 rings (SSSR count). The molecule has 0 bridgehead atoms. The van der Waals surface area contributed by atoms with Gasteiger partial charge < -0.3 is 8.98 Å². The molecule has 7 aromatic carbocycles. The van der Waals surface area contributed by atoms with Crippen molar-refractivity contribution < 1.29 is 4.42 Å². The van der Waals surface area contributed by atoms with Crippen molar-refractivity contribution in [3.8, 4) is 33.9 Å². The van der Waals surface area contributed by atoms with E-state index in [0.29, 0.717) is 0 Å². The Morgan fingerprint density at radius 2 is 1.00 bits per heavy atom. The lowest BCUT2D eigenvalue weighted by atomic mass is 10.0. The predicted octanol–water partition coefficient (Wildman–Crippen LogP) is 12.5. The first-order valence-electron chi connectivity index (χ1n) is 17.3. The van der Waals surface area contributed by atoms with Crippen LogP contribution >= 0.6 is 0 Å². The highest BCUT2D eigenvalue weighted by molar-refractivity contribution is 6.28. The average molecular weight is 652 g/mol. The molecule has 0 fully saturated rings. The molecule has 4 nitrogen and oxygen atoms in total. The molecule has 0 spiro atoms. The minimum atomic E-state index is 0.883. The second-order valence-electron chi connectivity index (χ2n) is 13.2. The Balaban J connectivity index is 1.15. The first-order valence-corrected chi connectivity index (χ1v) is 17.3. The van der Waals surface area contributed by atoms with Crippen molar-refractivity contribution >= 4 is 65.6 Å². The lowest BCUT2D eigenvalue weighted by Gasteiger charge is -2.11. The standard InChI is InChI=1S/C47H29N3O/c1-2-12-30(13-3-1)31-14-10-15-33(28-31)49-39-20-7-4-17-35(39)46-41(49)25-26-42-47(46)36-18-5-8-21-40(36)50(42)45-23-11-19-38(48-45)32-24-27-44-37(29-32)34-16-6-9-22-43(34)51-44/h1-29H. The Morgan fingerprint density at radius 3 is 1.80 bits per heavy atom. The number of hydrogen-bond acceptors (Lipinski definition) is 2. The summed E-state index contributed by atoms with van der Waals surface area (Å²) in [5.41, 5.74) is 11.9. The molecule has 0 amide bonds. The number of benzene rings is 7. The summed E-state index contributed by atoms with van der Waals surface area (Å²) in [4.78, 5) is 5.32. The van der Waals surface area contributed by atoms with Gasteiger partial charge in [-0.25, -0.2) is 4.98 Å². The van der Waals surface area contributed by atoms with Gasteiger partial charge >= 0.3 is 0 Å². The lowest BCUT2D eigenvalue weighted by Crippen LogP contribution is -1.98. The van der Waals surface area contributed by atoms with Crippen LogP contribution in [0.3, 0.4) is 0 Å². The van der Waals surface area contributed by atoms with Gasteiger partial charge in [0.15, 0.2) is 0 Å². The fourth-order valence-corrected chi connectivity index (χ4v) is 8.09. The quantitative estimate of drug-likeness (QED) is 0.190. The van der Waals surface area contributed by atoms with Gasteiger partial charge in [-0.2, -0.15) is 0 Å². The zero-order valence-corrected chi connectivity index (χ0v) is 27.5.